The summed E-state index contributed by atoms with van der Waals surface area (Å²) in [5, 5.41) is 6.60. The molecule has 8 heteroatoms. The van der Waals surface area contributed by atoms with E-state index in [0.717, 1.165) is 25.4 Å². The highest BCUT2D eigenvalue weighted by Crippen LogP contribution is 2.11. The van der Waals surface area contributed by atoms with Crippen LogP contribution in [0.25, 0.3) is 0 Å². The molecule has 0 unspecified atom stereocenters. The van der Waals surface area contributed by atoms with Crippen molar-refractivity contribution in [1.29, 1.82) is 0 Å². The molecule has 1 saturated heterocycles. The average Bonchev–Trinajstić information content (AvgIpc) is 3.23. The van der Waals surface area contributed by atoms with E-state index in [0.29, 0.717) is 30.9 Å². The summed E-state index contributed by atoms with van der Waals surface area (Å²) in [4.78, 5) is 28.3. The number of amides is 2. The number of piperazine rings is 1. The van der Waals surface area contributed by atoms with Gasteiger partial charge in [0.2, 0.25) is 0 Å². The minimum absolute atomic E-state index is 0.104. The van der Waals surface area contributed by atoms with Crippen LogP contribution < -0.4 is 10.1 Å². The summed E-state index contributed by atoms with van der Waals surface area (Å²) in [5.74, 6) is 0.512. The average molecular weight is 358 g/mol. The first-order chi connectivity index (χ1) is 12.7. The van der Waals surface area contributed by atoms with Crippen LogP contribution in [0, 0.1) is 0 Å². The van der Waals surface area contributed by atoms with Crippen molar-refractivity contribution in [3.63, 3.8) is 0 Å². The van der Waals surface area contributed by atoms with Crippen molar-refractivity contribution in [3.8, 4) is 5.75 Å². The predicted molar refractivity (Wildman–Crippen MR) is 94.2 cm³/mol. The molecule has 0 saturated carbocycles. The minimum atomic E-state index is -0.105. The summed E-state index contributed by atoms with van der Waals surface area (Å²) in [6.07, 6.45) is 1.40. The molecule has 138 valence electrons. The van der Waals surface area contributed by atoms with Gasteiger partial charge >= 0.3 is 0 Å². The number of aromatic nitrogens is 1. The Labute approximate surface area is 151 Å². The number of rotatable bonds is 6. The largest absolute Gasteiger partial charge is 0.497 e. The van der Waals surface area contributed by atoms with Crippen LogP contribution in [0.5, 0.6) is 5.75 Å². The van der Waals surface area contributed by atoms with Gasteiger partial charge in [0.05, 0.1) is 7.11 Å². The van der Waals surface area contributed by atoms with E-state index in [1.165, 1.54) is 6.26 Å². The van der Waals surface area contributed by atoms with Gasteiger partial charge in [0.1, 0.15) is 12.0 Å². The highest BCUT2D eigenvalue weighted by Gasteiger charge is 2.23. The number of nitrogens with zero attached hydrogens (tertiary/aromatic N) is 3. The second kappa shape index (κ2) is 8.48. The van der Waals surface area contributed by atoms with Gasteiger partial charge in [0, 0.05) is 50.9 Å². The summed E-state index contributed by atoms with van der Waals surface area (Å²) in [6.45, 7) is 4.11. The Morgan fingerprint density at radius 3 is 2.50 bits per heavy atom. The zero-order valence-electron chi connectivity index (χ0n) is 14.7. The van der Waals surface area contributed by atoms with E-state index in [-0.39, 0.29) is 11.8 Å². The molecule has 2 amide bonds. The van der Waals surface area contributed by atoms with Gasteiger partial charge in [-0.3, -0.25) is 14.5 Å². The number of carbonyl (C=O) groups excluding carboxylic acids is 2. The lowest BCUT2D eigenvalue weighted by atomic mass is 10.2. The standard InChI is InChI=1S/C18H22N4O4/c1-25-15-4-2-14(3-5-15)17(23)19-7-8-21-9-11-22(12-10-21)18(24)16-6-13-26-20-16/h2-6,13H,7-12H2,1H3,(H,19,23). The second-order valence-electron chi connectivity index (χ2n) is 6.00. The summed E-state index contributed by atoms with van der Waals surface area (Å²) in [6, 6.07) is 8.58. The minimum Gasteiger partial charge on any atom is -0.497 e. The SMILES string of the molecule is COc1ccc(C(=O)NCCN2CCN(C(=O)c3ccon3)CC2)cc1. The zero-order valence-corrected chi connectivity index (χ0v) is 14.7. The number of benzene rings is 1. The maximum atomic E-state index is 12.2. The summed E-state index contributed by atoms with van der Waals surface area (Å²) >= 11 is 0. The first kappa shape index (κ1) is 17.9. The number of ether oxygens (including phenoxy) is 1. The summed E-state index contributed by atoms with van der Waals surface area (Å²) in [5.41, 5.74) is 0.944. The predicted octanol–water partition coefficient (Wildman–Crippen LogP) is 0.871. The maximum Gasteiger partial charge on any atom is 0.276 e. The molecule has 0 spiro atoms. The Bertz CT molecular complexity index is 722. The van der Waals surface area contributed by atoms with E-state index in [4.69, 9.17) is 9.26 Å². The third kappa shape index (κ3) is 4.40. The van der Waals surface area contributed by atoms with E-state index in [1.54, 1.807) is 42.3 Å². The van der Waals surface area contributed by atoms with Crippen LogP contribution in [-0.4, -0.2) is 73.1 Å². The quantitative estimate of drug-likeness (QED) is 0.824. The second-order valence-corrected chi connectivity index (χ2v) is 6.00. The molecule has 26 heavy (non-hydrogen) atoms. The molecular weight excluding hydrogens is 336 g/mol. The molecule has 8 nitrogen and oxygen atoms in total. The molecule has 0 radical (unpaired) electrons. The fourth-order valence-electron chi connectivity index (χ4n) is 2.83. The van der Waals surface area contributed by atoms with Crippen LogP contribution in [-0.2, 0) is 0 Å². The molecule has 1 fully saturated rings. The van der Waals surface area contributed by atoms with Crippen LogP contribution in [0.2, 0.25) is 0 Å². The van der Waals surface area contributed by atoms with Crippen LogP contribution >= 0.6 is 0 Å². The van der Waals surface area contributed by atoms with Crippen molar-refractivity contribution < 1.29 is 18.8 Å². The molecule has 1 N–H and O–H groups in total. The highest BCUT2D eigenvalue weighted by atomic mass is 16.5. The van der Waals surface area contributed by atoms with Gasteiger partial charge in [-0.1, -0.05) is 5.16 Å². The number of methoxy groups -OCH3 is 1. The van der Waals surface area contributed by atoms with Gasteiger partial charge in [0.15, 0.2) is 5.69 Å². The molecule has 0 bridgehead atoms. The van der Waals surface area contributed by atoms with Crippen molar-refractivity contribution >= 4 is 11.8 Å². The molecule has 2 heterocycles. The fraction of sp³-hybridized carbons (Fsp3) is 0.389. The van der Waals surface area contributed by atoms with Gasteiger partial charge < -0.3 is 19.5 Å². The van der Waals surface area contributed by atoms with Crippen molar-refractivity contribution in [1.82, 2.24) is 20.3 Å². The zero-order chi connectivity index (χ0) is 18.4. The molecule has 1 aliphatic rings. The van der Waals surface area contributed by atoms with Crippen molar-refractivity contribution in [2.24, 2.45) is 0 Å². The van der Waals surface area contributed by atoms with Crippen LogP contribution in [0.15, 0.2) is 41.1 Å². The Balaban J connectivity index is 1.38. The topological polar surface area (TPSA) is 87.9 Å². The van der Waals surface area contributed by atoms with Crippen LogP contribution in [0.3, 0.4) is 0 Å². The summed E-state index contributed by atoms with van der Waals surface area (Å²) in [7, 11) is 1.59. The Morgan fingerprint density at radius 2 is 1.88 bits per heavy atom. The summed E-state index contributed by atoms with van der Waals surface area (Å²) < 4.78 is 9.80. The normalized spacial score (nSPS) is 14.9. The number of hydrogen-bond donors (Lipinski definition) is 1. The van der Waals surface area contributed by atoms with Gasteiger partial charge in [-0.25, -0.2) is 0 Å². The van der Waals surface area contributed by atoms with E-state index < -0.39 is 0 Å². The van der Waals surface area contributed by atoms with E-state index >= 15 is 0 Å². The molecule has 2 aromatic rings. The first-order valence-corrected chi connectivity index (χ1v) is 8.51. The van der Waals surface area contributed by atoms with Crippen molar-refractivity contribution in [2.45, 2.75) is 0 Å². The van der Waals surface area contributed by atoms with Gasteiger partial charge in [-0.2, -0.15) is 0 Å². The van der Waals surface area contributed by atoms with Crippen molar-refractivity contribution in [2.75, 3.05) is 46.4 Å². The lowest BCUT2D eigenvalue weighted by Gasteiger charge is -2.34. The molecule has 1 aromatic carbocycles. The third-order valence-electron chi connectivity index (χ3n) is 4.38. The monoisotopic (exact) mass is 358 g/mol. The first-order valence-electron chi connectivity index (χ1n) is 8.51. The van der Waals surface area contributed by atoms with E-state index in [9.17, 15) is 9.59 Å². The van der Waals surface area contributed by atoms with Crippen LogP contribution in [0.1, 0.15) is 20.8 Å². The third-order valence-corrected chi connectivity index (χ3v) is 4.38. The van der Waals surface area contributed by atoms with Crippen LogP contribution in [0.4, 0.5) is 0 Å². The maximum absolute atomic E-state index is 12.2. The molecular formula is C18H22N4O4. The molecule has 0 atom stereocenters. The number of carbonyl (C=O) groups is 2. The molecule has 1 aliphatic heterocycles. The lowest BCUT2D eigenvalue weighted by Crippen LogP contribution is -2.50. The lowest BCUT2D eigenvalue weighted by molar-refractivity contribution is 0.0628. The number of nitrogens with one attached hydrogen (secondary N) is 1. The van der Waals surface area contributed by atoms with Gasteiger partial charge in [0.25, 0.3) is 11.8 Å². The Morgan fingerprint density at radius 1 is 1.15 bits per heavy atom. The fourth-order valence-corrected chi connectivity index (χ4v) is 2.83. The van der Waals surface area contributed by atoms with Gasteiger partial charge in [-0.15, -0.1) is 0 Å². The Hall–Kier alpha value is -2.87. The number of hydrogen-bond acceptors (Lipinski definition) is 6. The van der Waals surface area contributed by atoms with Crippen molar-refractivity contribution in [3.05, 3.63) is 47.9 Å². The molecule has 3 rings (SSSR count). The Kier molecular flexibility index (Phi) is 5.85. The van der Waals surface area contributed by atoms with E-state index in [1.807, 2.05) is 0 Å². The molecule has 0 aliphatic carbocycles. The highest BCUT2D eigenvalue weighted by molar-refractivity contribution is 5.94. The van der Waals surface area contributed by atoms with E-state index in [2.05, 4.69) is 15.4 Å². The smallest absolute Gasteiger partial charge is 0.276 e. The molecule has 1 aromatic heterocycles. The van der Waals surface area contributed by atoms with Gasteiger partial charge in [-0.05, 0) is 24.3 Å².